The lowest BCUT2D eigenvalue weighted by Gasteiger charge is -2.02. The topological polar surface area (TPSA) is 43.0 Å². The molecule has 2 aromatic heterocycles. The first kappa shape index (κ1) is 10.4. The van der Waals surface area contributed by atoms with Crippen molar-refractivity contribution in [1.82, 2.24) is 15.1 Å². The van der Waals surface area contributed by atoms with E-state index in [1.54, 1.807) is 12.5 Å². The molecule has 1 N–H and O–H groups in total. The van der Waals surface area contributed by atoms with Gasteiger partial charge < -0.3 is 9.73 Å². The molecule has 0 aliphatic carbocycles. The Bertz CT molecular complexity index is 435. The standard InChI is InChI=1S/C10H12BrN3O/c1-12-5-10-8(2-3-15-10)6-14-7-9(11)4-13-14/h2-4,7,12H,5-6H2,1H3. The van der Waals surface area contributed by atoms with Gasteiger partial charge in [-0.2, -0.15) is 5.10 Å². The summed E-state index contributed by atoms with van der Waals surface area (Å²) in [5.74, 6) is 0.962. The second-order valence-corrected chi connectivity index (χ2v) is 4.17. The van der Waals surface area contributed by atoms with Crippen LogP contribution in [0, 0.1) is 0 Å². The van der Waals surface area contributed by atoms with Gasteiger partial charge in [-0.15, -0.1) is 0 Å². The number of nitrogens with one attached hydrogen (secondary N) is 1. The molecule has 4 nitrogen and oxygen atoms in total. The highest BCUT2D eigenvalue weighted by Gasteiger charge is 2.06. The lowest BCUT2D eigenvalue weighted by Crippen LogP contribution is -2.08. The second kappa shape index (κ2) is 4.63. The predicted molar refractivity (Wildman–Crippen MR) is 60.5 cm³/mol. The minimum atomic E-state index is 0.735. The monoisotopic (exact) mass is 269 g/mol. The van der Waals surface area contributed by atoms with Crippen LogP contribution in [0.4, 0.5) is 0 Å². The Kier molecular flexibility index (Phi) is 3.23. The van der Waals surface area contributed by atoms with Crippen LogP contribution in [-0.4, -0.2) is 16.8 Å². The molecule has 0 aliphatic heterocycles. The van der Waals surface area contributed by atoms with Crippen molar-refractivity contribution >= 4 is 15.9 Å². The van der Waals surface area contributed by atoms with Crippen LogP contribution in [0.1, 0.15) is 11.3 Å². The van der Waals surface area contributed by atoms with Gasteiger partial charge in [0.2, 0.25) is 0 Å². The lowest BCUT2D eigenvalue weighted by atomic mass is 10.2. The Morgan fingerprint density at radius 2 is 2.47 bits per heavy atom. The second-order valence-electron chi connectivity index (χ2n) is 3.26. The summed E-state index contributed by atoms with van der Waals surface area (Å²) >= 11 is 3.37. The average molecular weight is 270 g/mol. The van der Waals surface area contributed by atoms with Crippen LogP contribution < -0.4 is 5.32 Å². The molecule has 0 fully saturated rings. The third-order valence-corrected chi connectivity index (χ3v) is 2.52. The quantitative estimate of drug-likeness (QED) is 0.924. The zero-order chi connectivity index (χ0) is 10.7. The largest absolute Gasteiger partial charge is 0.468 e. The number of aromatic nitrogens is 2. The molecule has 0 bridgehead atoms. The van der Waals surface area contributed by atoms with Crippen molar-refractivity contribution in [2.75, 3.05) is 7.05 Å². The fourth-order valence-corrected chi connectivity index (χ4v) is 1.75. The number of nitrogens with zero attached hydrogens (tertiary/aromatic N) is 2. The summed E-state index contributed by atoms with van der Waals surface area (Å²) in [7, 11) is 1.90. The third kappa shape index (κ3) is 2.49. The Morgan fingerprint density at radius 3 is 3.13 bits per heavy atom. The van der Waals surface area contributed by atoms with Gasteiger partial charge in [-0.3, -0.25) is 4.68 Å². The van der Waals surface area contributed by atoms with Gasteiger partial charge in [-0.25, -0.2) is 0 Å². The van der Waals surface area contributed by atoms with E-state index in [2.05, 4.69) is 26.3 Å². The molecule has 0 radical (unpaired) electrons. The molecular formula is C10H12BrN3O. The van der Waals surface area contributed by atoms with Crippen LogP contribution in [0.2, 0.25) is 0 Å². The Balaban J connectivity index is 2.13. The van der Waals surface area contributed by atoms with E-state index in [4.69, 9.17) is 4.42 Å². The smallest absolute Gasteiger partial charge is 0.122 e. The first-order valence-electron chi connectivity index (χ1n) is 4.67. The van der Waals surface area contributed by atoms with Crippen LogP contribution in [0.25, 0.3) is 0 Å². The molecule has 0 amide bonds. The van der Waals surface area contributed by atoms with Gasteiger partial charge in [0.15, 0.2) is 0 Å². The molecule has 5 heteroatoms. The van der Waals surface area contributed by atoms with Crippen molar-refractivity contribution in [3.05, 3.63) is 40.5 Å². The average Bonchev–Trinajstić information content (AvgIpc) is 2.78. The number of hydrogen-bond donors (Lipinski definition) is 1. The zero-order valence-electron chi connectivity index (χ0n) is 8.40. The molecular weight excluding hydrogens is 258 g/mol. The summed E-state index contributed by atoms with van der Waals surface area (Å²) < 4.78 is 8.23. The van der Waals surface area contributed by atoms with E-state index in [9.17, 15) is 0 Å². The van der Waals surface area contributed by atoms with Gasteiger partial charge in [0.05, 0.1) is 30.0 Å². The summed E-state index contributed by atoms with van der Waals surface area (Å²) in [5, 5.41) is 7.27. The van der Waals surface area contributed by atoms with E-state index < -0.39 is 0 Å². The summed E-state index contributed by atoms with van der Waals surface area (Å²) in [6.45, 7) is 1.48. The summed E-state index contributed by atoms with van der Waals surface area (Å²) in [4.78, 5) is 0. The maximum Gasteiger partial charge on any atom is 0.122 e. The van der Waals surface area contributed by atoms with E-state index >= 15 is 0 Å². The van der Waals surface area contributed by atoms with Gasteiger partial charge in [0.1, 0.15) is 5.76 Å². The summed E-state index contributed by atoms with van der Waals surface area (Å²) in [6, 6.07) is 1.97. The van der Waals surface area contributed by atoms with Crippen molar-refractivity contribution in [3.8, 4) is 0 Å². The van der Waals surface area contributed by atoms with Crippen LogP contribution in [-0.2, 0) is 13.1 Å². The molecule has 0 aromatic carbocycles. The molecule has 0 unspecified atom stereocenters. The van der Waals surface area contributed by atoms with Gasteiger partial charge in [0, 0.05) is 11.8 Å². The van der Waals surface area contributed by atoms with Gasteiger partial charge >= 0.3 is 0 Å². The highest BCUT2D eigenvalue weighted by Crippen LogP contribution is 2.13. The SMILES string of the molecule is CNCc1occc1Cn1cc(Br)cn1. The highest BCUT2D eigenvalue weighted by molar-refractivity contribution is 9.10. The zero-order valence-corrected chi connectivity index (χ0v) is 9.99. The number of rotatable bonds is 4. The summed E-state index contributed by atoms with van der Waals surface area (Å²) in [5.41, 5.74) is 1.15. The Labute approximate surface area is 96.4 Å². The lowest BCUT2D eigenvalue weighted by molar-refractivity contribution is 0.487. The van der Waals surface area contributed by atoms with Crippen molar-refractivity contribution in [2.45, 2.75) is 13.1 Å². The molecule has 0 spiro atoms. The first-order valence-corrected chi connectivity index (χ1v) is 5.46. The van der Waals surface area contributed by atoms with Crippen molar-refractivity contribution in [1.29, 1.82) is 0 Å². The van der Waals surface area contributed by atoms with Gasteiger partial charge in [-0.05, 0) is 29.0 Å². The Hall–Kier alpha value is -1.07. The maximum atomic E-state index is 5.37. The molecule has 2 rings (SSSR count). The minimum Gasteiger partial charge on any atom is -0.468 e. The van der Waals surface area contributed by atoms with E-state index in [-0.39, 0.29) is 0 Å². The van der Waals surface area contributed by atoms with E-state index in [1.807, 2.05) is 24.0 Å². The maximum absolute atomic E-state index is 5.37. The van der Waals surface area contributed by atoms with E-state index in [0.717, 1.165) is 28.9 Å². The van der Waals surface area contributed by atoms with Crippen LogP contribution >= 0.6 is 15.9 Å². The van der Waals surface area contributed by atoms with Crippen LogP contribution in [0.15, 0.2) is 33.6 Å². The molecule has 15 heavy (non-hydrogen) atoms. The van der Waals surface area contributed by atoms with Crippen LogP contribution in [0.5, 0.6) is 0 Å². The Morgan fingerprint density at radius 1 is 1.60 bits per heavy atom. The molecule has 2 heterocycles. The minimum absolute atomic E-state index is 0.735. The van der Waals surface area contributed by atoms with E-state index in [0.29, 0.717) is 0 Å². The van der Waals surface area contributed by atoms with Gasteiger partial charge in [-0.1, -0.05) is 0 Å². The van der Waals surface area contributed by atoms with Crippen molar-refractivity contribution in [3.63, 3.8) is 0 Å². The van der Waals surface area contributed by atoms with Crippen molar-refractivity contribution in [2.24, 2.45) is 0 Å². The first-order chi connectivity index (χ1) is 7.29. The number of halogens is 1. The fraction of sp³-hybridized carbons (Fsp3) is 0.300. The molecule has 0 saturated carbocycles. The fourth-order valence-electron chi connectivity index (χ4n) is 1.42. The normalized spacial score (nSPS) is 10.8. The third-order valence-electron chi connectivity index (χ3n) is 2.11. The molecule has 0 atom stereocenters. The summed E-state index contributed by atoms with van der Waals surface area (Å²) in [6.07, 6.45) is 5.43. The number of furan rings is 1. The highest BCUT2D eigenvalue weighted by atomic mass is 79.9. The number of hydrogen-bond acceptors (Lipinski definition) is 3. The predicted octanol–water partition coefficient (Wildman–Crippen LogP) is 2.01. The van der Waals surface area contributed by atoms with Crippen molar-refractivity contribution < 1.29 is 4.42 Å². The van der Waals surface area contributed by atoms with Gasteiger partial charge in [0.25, 0.3) is 0 Å². The van der Waals surface area contributed by atoms with E-state index in [1.165, 1.54) is 0 Å². The molecule has 80 valence electrons. The molecule has 0 aliphatic rings. The molecule has 2 aromatic rings. The molecule has 0 saturated heterocycles. The van der Waals surface area contributed by atoms with Crippen LogP contribution in [0.3, 0.4) is 0 Å².